The van der Waals surface area contributed by atoms with Crippen LogP contribution in [0.4, 0.5) is 0 Å². The minimum Gasteiger partial charge on any atom is -0.150 e. The Hall–Kier alpha value is -1.87. The summed E-state index contributed by atoms with van der Waals surface area (Å²) in [4.78, 5) is 1.61. The van der Waals surface area contributed by atoms with Gasteiger partial charge in [0.05, 0.1) is 5.69 Å². The van der Waals surface area contributed by atoms with Crippen molar-refractivity contribution >= 4 is 22.6 Å². The molecule has 3 rings (SSSR count). The number of fused-ring (bicyclic) bond motifs is 1. The van der Waals surface area contributed by atoms with Gasteiger partial charge in [0, 0.05) is 5.02 Å². The molecule has 3 nitrogen and oxygen atoms in total. The number of aryl methyl sites for hydroxylation is 1. The zero-order valence-electron chi connectivity index (χ0n) is 9.26. The molecule has 1 aromatic heterocycles. The Morgan fingerprint density at radius 2 is 1.82 bits per heavy atom. The Kier molecular flexibility index (Phi) is 2.34. The number of hydrogen-bond acceptors (Lipinski definition) is 2. The van der Waals surface area contributed by atoms with E-state index in [1.807, 2.05) is 49.4 Å². The highest BCUT2D eigenvalue weighted by molar-refractivity contribution is 6.30. The van der Waals surface area contributed by atoms with Crippen molar-refractivity contribution in [2.45, 2.75) is 6.92 Å². The van der Waals surface area contributed by atoms with Gasteiger partial charge in [0.15, 0.2) is 0 Å². The molecule has 0 saturated heterocycles. The van der Waals surface area contributed by atoms with E-state index in [9.17, 15) is 0 Å². The average molecular weight is 244 g/mol. The summed E-state index contributed by atoms with van der Waals surface area (Å²) >= 11 is 5.95. The molecule has 0 aliphatic carbocycles. The number of nitrogens with zero attached hydrogens (tertiary/aromatic N) is 3. The van der Waals surface area contributed by atoms with E-state index in [0.29, 0.717) is 5.02 Å². The minimum atomic E-state index is 0.681. The lowest BCUT2D eigenvalue weighted by Gasteiger charge is -1.98. The van der Waals surface area contributed by atoms with Gasteiger partial charge in [-0.2, -0.15) is 4.80 Å². The van der Waals surface area contributed by atoms with Crippen molar-refractivity contribution < 1.29 is 0 Å². The lowest BCUT2D eigenvalue weighted by molar-refractivity contribution is 0.766. The van der Waals surface area contributed by atoms with Crippen LogP contribution in [0, 0.1) is 6.92 Å². The van der Waals surface area contributed by atoms with Crippen LogP contribution in [-0.2, 0) is 0 Å². The first kappa shape index (κ1) is 10.3. The molecule has 0 aliphatic rings. The Bertz CT molecular complexity index is 688. The molecule has 1 heterocycles. The molecule has 0 saturated carbocycles. The Morgan fingerprint density at radius 3 is 2.65 bits per heavy atom. The summed E-state index contributed by atoms with van der Waals surface area (Å²) < 4.78 is 0. The van der Waals surface area contributed by atoms with Gasteiger partial charge < -0.3 is 0 Å². The van der Waals surface area contributed by atoms with Crippen LogP contribution in [0.2, 0.25) is 5.02 Å². The Balaban J connectivity index is 2.18. The zero-order chi connectivity index (χ0) is 11.8. The van der Waals surface area contributed by atoms with Crippen LogP contribution < -0.4 is 0 Å². The molecule has 84 valence electrons. The molecular formula is C13H10ClN3. The third-order valence-corrected chi connectivity index (χ3v) is 2.81. The largest absolute Gasteiger partial charge is 0.150 e. The maximum atomic E-state index is 5.95. The van der Waals surface area contributed by atoms with E-state index in [4.69, 9.17) is 11.6 Å². The number of halogens is 1. The van der Waals surface area contributed by atoms with Crippen LogP contribution in [0.5, 0.6) is 0 Å². The quantitative estimate of drug-likeness (QED) is 0.656. The summed E-state index contributed by atoms with van der Waals surface area (Å²) in [6.07, 6.45) is 0. The number of benzene rings is 2. The first-order chi connectivity index (χ1) is 8.22. The molecular weight excluding hydrogens is 234 g/mol. The maximum absolute atomic E-state index is 5.95. The van der Waals surface area contributed by atoms with Crippen LogP contribution in [0.3, 0.4) is 0 Å². The van der Waals surface area contributed by atoms with Gasteiger partial charge in [-0.1, -0.05) is 23.7 Å². The van der Waals surface area contributed by atoms with Crippen molar-refractivity contribution in [3.8, 4) is 5.69 Å². The maximum Gasteiger partial charge on any atom is 0.113 e. The fraction of sp³-hybridized carbons (Fsp3) is 0.0769. The average Bonchev–Trinajstić information content (AvgIpc) is 2.72. The fourth-order valence-electron chi connectivity index (χ4n) is 1.74. The third-order valence-electron chi connectivity index (χ3n) is 2.57. The molecule has 0 bridgehead atoms. The van der Waals surface area contributed by atoms with E-state index < -0.39 is 0 Å². The van der Waals surface area contributed by atoms with Crippen LogP contribution in [-0.4, -0.2) is 15.0 Å². The van der Waals surface area contributed by atoms with Gasteiger partial charge in [0.25, 0.3) is 0 Å². The summed E-state index contributed by atoms with van der Waals surface area (Å²) in [6.45, 7) is 2.04. The molecule has 0 unspecified atom stereocenters. The molecule has 4 heteroatoms. The lowest BCUT2D eigenvalue weighted by atomic mass is 10.2. The normalized spacial score (nSPS) is 10.9. The molecule has 0 fully saturated rings. The fourth-order valence-corrected chi connectivity index (χ4v) is 1.93. The second-order valence-electron chi connectivity index (χ2n) is 3.96. The van der Waals surface area contributed by atoms with Crippen molar-refractivity contribution in [3.63, 3.8) is 0 Å². The molecule has 3 aromatic rings. The summed E-state index contributed by atoms with van der Waals surface area (Å²) in [6, 6.07) is 13.5. The number of hydrogen-bond donors (Lipinski definition) is 0. The van der Waals surface area contributed by atoms with Crippen molar-refractivity contribution in [2.24, 2.45) is 0 Å². The predicted octanol–water partition coefficient (Wildman–Crippen LogP) is 3.38. The minimum absolute atomic E-state index is 0.681. The molecule has 0 atom stereocenters. The van der Waals surface area contributed by atoms with Crippen LogP contribution in [0.15, 0.2) is 42.5 Å². The van der Waals surface area contributed by atoms with Gasteiger partial charge in [0.2, 0.25) is 0 Å². The highest BCUT2D eigenvalue weighted by Gasteiger charge is 2.04. The van der Waals surface area contributed by atoms with Gasteiger partial charge in [-0.15, -0.1) is 10.2 Å². The molecule has 0 aliphatic heterocycles. The molecule has 0 amide bonds. The van der Waals surface area contributed by atoms with Crippen molar-refractivity contribution in [3.05, 3.63) is 53.1 Å². The van der Waals surface area contributed by atoms with Crippen molar-refractivity contribution in [1.82, 2.24) is 15.0 Å². The van der Waals surface area contributed by atoms with Gasteiger partial charge in [-0.05, 0) is 42.8 Å². The topological polar surface area (TPSA) is 30.7 Å². The van der Waals surface area contributed by atoms with Crippen LogP contribution >= 0.6 is 11.6 Å². The first-order valence-electron chi connectivity index (χ1n) is 5.32. The predicted molar refractivity (Wildman–Crippen MR) is 68.6 cm³/mol. The first-order valence-corrected chi connectivity index (χ1v) is 5.70. The van der Waals surface area contributed by atoms with Crippen LogP contribution in [0.1, 0.15) is 5.56 Å². The van der Waals surface area contributed by atoms with E-state index in [-0.39, 0.29) is 0 Å². The second-order valence-corrected chi connectivity index (χ2v) is 4.40. The van der Waals surface area contributed by atoms with E-state index in [0.717, 1.165) is 16.7 Å². The van der Waals surface area contributed by atoms with Crippen molar-refractivity contribution in [2.75, 3.05) is 0 Å². The van der Waals surface area contributed by atoms with Gasteiger partial charge in [-0.25, -0.2) is 0 Å². The standard InChI is InChI=1S/C13H10ClN3/c1-9-5-6-12-13(7-9)16-17(15-12)11-4-2-3-10(14)8-11/h2-8H,1H3. The Labute approximate surface area is 104 Å². The number of rotatable bonds is 1. The SMILES string of the molecule is Cc1ccc2nn(-c3cccc(Cl)c3)nc2c1. The zero-order valence-corrected chi connectivity index (χ0v) is 10.0. The molecule has 2 aromatic carbocycles. The van der Waals surface area contributed by atoms with Gasteiger partial charge in [-0.3, -0.25) is 0 Å². The molecule has 0 radical (unpaired) electrons. The van der Waals surface area contributed by atoms with E-state index in [1.54, 1.807) is 4.80 Å². The summed E-state index contributed by atoms with van der Waals surface area (Å²) in [5, 5.41) is 9.52. The summed E-state index contributed by atoms with van der Waals surface area (Å²) in [5.74, 6) is 0. The second kappa shape index (κ2) is 3.86. The van der Waals surface area contributed by atoms with Gasteiger partial charge in [0.1, 0.15) is 11.0 Å². The highest BCUT2D eigenvalue weighted by Crippen LogP contribution is 2.16. The third kappa shape index (κ3) is 1.89. The highest BCUT2D eigenvalue weighted by atomic mass is 35.5. The Morgan fingerprint density at radius 1 is 1.00 bits per heavy atom. The smallest absolute Gasteiger partial charge is 0.113 e. The van der Waals surface area contributed by atoms with Gasteiger partial charge >= 0.3 is 0 Å². The monoisotopic (exact) mass is 243 g/mol. The lowest BCUT2D eigenvalue weighted by Crippen LogP contribution is -1.97. The number of aromatic nitrogens is 3. The van der Waals surface area contributed by atoms with E-state index in [2.05, 4.69) is 10.2 Å². The molecule has 0 spiro atoms. The van der Waals surface area contributed by atoms with Crippen molar-refractivity contribution in [1.29, 1.82) is 0 Å². The molecule has 17 heavy (non-hydrogen) atoms. The summed E-state index contributed by atoms with van der Waals surface area (Å²) in [7, 11) is 0. The summed E-state index contributed by atoms with van der Waals surface area (Å²) in [5.41, 5.74) is 3.82. The van der Waals surface area contributed by atoms with E-state index >= 15 is 0 Å². The van der Waals surface area contributed by atoms with E-state index in [1.165, 1.54) is 5.56 Å². The van der Waals surface area contributed by atoms with Crippen LogP contribution in [0.25, 0.3) is 16.7 Å². The molecule has 0 N–H and O–H groups in total.